The van der Waals surface area contributed by atoms with Crippen LogP contribution in [0.4, 0.5) is 5.69 Å². The van der Waals surface area contributed by atoms with Gasteiger partial charge in [0.05, 0.1) is 0 Å². The molecule has 29 heavy (non-hydrogen) atoms. The first kappa shape index (κ1) is 25.0. The summed E-state index contributed by atoms with van der Waals surface area (Å²) in [5.74, 6) is 0.696. The number of nitroso groups, excluding NO2 is 1. The van der Waals surface area contributed by atoms with Crippen LogP contribution in [0.5, 0.6) is 5.75 Å². The van der Waals surface area contributed by atoms with E-state index in [1.165, 1.54) is 0 Å². The highest BCUT2D eigenvalue weighted by Gasteiger charge is 2.16. The van der Waals surface area contributed by atoms with Crippen LogP contribution in [0.2, 0.25) is 0 Å². The zero-order chi connectivity index (χ0) is 22.2. The second-order valence-corrected chi connectivity index (χ2v) is 8.53. The molecule has 0 saturated heterocycles. The Hall–Kier alpha value is -2.01. The van der Waals surface area contributed by atoms with Crippen LogP contribution in [0.15, 0.2) is 35.5 Å². The minimum absolute atomic E-state index is 0.253. The van der Waals surface area contributed by atoms with Gasteiger partial charge in [0.15, 0.2) is 6.35 Å². The molecule has 0 heterocycles. The maximum Gasteiger partial charge on any atom is 0.362 e. The molecular weight excluding hydrogens is 389 g/mol. The molecular formula is C22H32NO5P. The van der Waals surface area contributed by atoms with Crippen molar-refractivity contribution >= 4 is 13.3 Å². The molecule has 0 bridgehead atoms. The third-order valence-electron chi connectivity index (χ3n) is 4.78. The van der Waals surface area contributed by atoms with Gasteiger partial charge in [0.25, 0.3) is 0 Å². The van der Waals surface area contributed by atoms with Crippen LogP contribution in [0.1, 0.15) is 67.9 Å². The van der Waals surface area contributed by atoms with Gasteiger partial charge in [0.1, 0.15) is 11.4 Å². The number of rotatable bonds is 8. The smallest absolute Gasteiger partial charge is 0.362 e. The monoisotopic (exact) mass is 421 g/mol. The van der Waals surface area contributed by atoms with Crippen LogP contribution in [-0.4, -0.2) is 16.1 Å². The molecule has 0 aliphatic heterocycles. The van der Waals surface area contributed by atoms with E-state index in [2.05, 4.69) is 19.0 Å². The molecule has 1 atom stereocenters. The maximum atomic E-state index is 11.1. The molecule has 0 fully saturated rings. The van der Waals surface area contributed by atoms with Gasteiger partial charge < -0.3 is 14.5 Å². The highest BCUT2D eigenvalue weighted by molar-refractivity contribution is 7.51. The predicted molar refractivity (Wildman–Crippen MR) is 118 cm³/mol. The molecule has 2 aromatic rings. The summed E-state index contributed by atoms with van der Waals surface area (Å²) in [6.07, 6.45) is 0.984. The second kappa shape index (κ2) is 11.2. The van der Waals surface area contributed by atoms with Gasteiger partial charge in [-0.25, -0.2) is 0 Å². The van der Waals surface area contributed by atoms with Gasteiger partial charge in [0.2, 0.25) is 0 Å². The molecule has 2 rings (SSSR count). The van der Waals surface area contributed by atoms with Gasteiger partial charge in [-0.1, -0.05) is 39.8 Å². The zero-order valence-corrected chi connectivity index (χ0v) is 19.0. The number of aryl methyl sites for hydroxylation is 2. The van der Waals surface area contributed by atoms with Gasteiger partial charge >= 0.3 is 7.60 Å². The summed E-state index contributed by atoms with van der Waals surface area (Å²) in [6, 6.07) is 9.30. The van der Waals surface area contributed by atoms with E-state index < -0.39 is 13.9 Å². The second-order valence-electron chi connectivity index (χ2n) is 6.94. The predicted octanol–water partition coefficient (Wildman–Crippen LogP) is 6.35. The Labute approximate surface area is 173 Å². The van der Waals surface area contributed by atoms with Crippen LogP contribution in [0, 0.1) is 18.8 Å². The van der Waals surface area contributed by atoms with E-state index >= 15 is 0 Å². The van der Waals surface area contributed by atoms with Gasteiger partial charge in [-0.05, 0) is 83.8 Å². The molecule has 6 nitrogen and oxygen atoms in total. The van der Waals surface area contributed by atoms with Crippen molar-refractivity contribution in [1.82, 2.24) is 0 Å². The lowest BCUT2D eigenvalue weighted by molar-refractivity contribution is 0.300. The molecule has 0 spiro atoms. The molecule has 0 radical (unpaired) electrons. The van der Waals surface area contributed by atoms with E-state index in [1.54, 1.807) is 18.2 Å². The largest absolute Gasteiger partial charge is 0.481 e. The number of nitrogens with zero attached hydrogens (tertiary/aromatic N) is 1. The van der Waals surface area contributed by atoms with Crippen molar-refractivity contribution in [1.29, 1.82) is 0 Å². The SMILES string of the molecule is CC.CCC(C)c1cc(Cc2c(C)cc(OCP(=O)(O)O)cc2C)ccc1N=O. The van der Waals surface area contributed by atoms with Crippen LogP contribution < -0.4 is 4.74 Å². The van der Waals surface area contributed by atoms with Crippen molar-refractivity contribution in [2.75, 3.05) is 6.35 Å². The Balaban J connectivity index is 0.00000204. The summed E-state index contributed by atoms with van der Waals surface area (Å²) in [5, 5.41) is 3.14. The van der Waals surface area contributed by atoms with Crippen LogP contribution in [-0.2, 0) is 11.0 Å². The maximum absolute atomic E-state index is 11.1. The molecule has 2 aromatic carbocycles. The Morgan fingerprint density at radius 2 is 1.69 bits per heavy atom. The number of hydrogen-bond acceptors (Lipinski definition) is 4. The van der Waals surface area contributed by atoms with E-state index in [9.17, 15) is 9.47 Å². The standard InChI is InChI=1S/C20H26NO5P.C2H6/c1-5-13(2)19-11-16(6-7-20(19)21-22)10-18-14(3)8-17(9-15(18)4)26-12-27(23,24)25;1-2/h6-9,11,13H,5,10,12H2,1-4H3,(H2,23,24,25);1-2H3. The molecule has 0 aliphatic rings. The highest BCUT2D eigenvalue weighted by atomic mass is 31.2. The molecule has 0 saturated carbocycles. The summed E-state index contributed by atoms with van der Waals surface area (Å²) in [5.41, 5.74) is 5.63. The third kappa shape index (κ3) is 7.39. The first-order chi connectivity index (χ1) is 13.6. The molecule has 160 valence electrons. The van der Waals surface area contributed by atoms with Gasteiger partial charge in [-0.15, -0.1) is 4.91 Å². The lowest BCUT2D eigenvalue weighted by Gasteiger charge is -2.16. The number of hydrogen-bond donors (Lipinski definition) is 2. The summed E-state index contributed by atoms with van der Waals surface area (Å²) >= 11 is 0. The lowest BCUT2D eigenvalue weighted by Crippen LogP contribution is -2.02. The Bertz CT molecular complexity index is 852. The Kier molecular flexibility index (Phi) is 9.71. The minimum atomic E-state index is -4.21. The van der Waals surface area contributed by atoms with Crippen molar-refractivity contribution in [3.8, 4) is 5.75 Å². The summed E-state index contributed by atoms with van der Waals surface area (Å²) in [4.78, 5) is 29.0. The summed E-state index contributed by atoms with van der Waals surface area (Å²) in [7, 11) is -4.21. The molecule has 1 unspecified atom stereocenters. The summed E-state index contributed by atoms with van der Waals surface area (Å²) in [6.45, 7) is 12.1. The van der Waals surface area contributed by atoms with E-state index in [4.69, 9.17) is 14.5 Å². The van der Waals surface area contributed by atoms with E-state index in [-0.39, 0.29) is 5.92 Å². The fraction of sp³-hybridized carbons (Fsp3) is 0.455. The lowest BCUT2D eigenvalue weighted by atomic mass is 9.91. The van der Waals surface area contributed by atoms with Crippen molar-refractivity contribution in [3.63, 3.8) is 0 Å². The van der Waals surface area contributed by atoms with Crippen LogP contribution in [0.25, 0.3) is 0 Å². The van der Waals surface area contributed by atoms with Crippen molar-refractivity contribution in [2.45, 2.75) is 60.3 Å². The molecule has 7 heteroatoms. The Morgan fingerprint density at radius 3 is 2.17 bits per heavy atom. The highest BCUT2D eigenvalue weighted by Crippen LogP contribution is 2.36. The minimum Gasteiger partial charge on any atom is -0.481 e. The number of ether oxygens (including phenoxy) is 1. The normalized spacial score (nSPS) is 12.0. The fourth-order valence-electron chi connectivity index (χ4n) is 3.09. The molecule has 2 N–H and O–H groups in total. The molecule has 0 aromatic heterocycles. The average molecular weight is 421 g/mol. The zero-order valence-electron chi connectivity index (χ0n) is 18.1. The Morgan fingerprint density at radius 1 is 1.10 bits per heavy atom. The van der Waals surface area contributed by atoms with Gasteiger partial charge in [-0.2, -0.15) is 0 Å². The molecule has 0 aliphatic carbocycles. The fourth-order valence-corrected chi connectivity index (χ4v) is 3.41. The van der Waals surface area contributed by atoms with Gasteiger partial charge in [-0.3, -0.25) is 4.57 Å². The van der Waals surface area contributed by atoms with Crippen LogP contribution in [0.3, 0.4) is 0 Å². The van der Waals surface area contributed by atoms with E-state index in [0.29, 0.717) is 17.9 Å². The average Bonchev–Trinajstić information content (AvgIpc) is 2.69. The molecule has 0 amide bonds. The van der Waals surface area contributed by atoms with E-state index in [0.717, 1.165) is 34.2 Å². The van der Waals surface area contributed by atoms with Crippen molar-refractivity contribution < 1.29 is 19.1 Å². The van der Waals surface area contributed by atoms with Crippen molar-refractivity contribution in [3.05, 3.63) is 63.1 Å². The number of benzene rings is 2. The van der Waals surface area contributed by atoms with Crippen LogP contribution >= 0.6 is 7.60 Å². The first-order valence-electron chi connectivity index (χ1n) is 9.88. The summed E-state index contributed by atoms with van der Waals surface area (Å²) < 4.78 is 16.2. The quantitative estimate of drug-likeness (QED) is 0.383. The first-order valence-corrected chi connectivity index (χ1v) is 11.7. The van der Waals surface area contributed by atoms with Crippen molar-refractivity contribution in [2.24, 2.45) is 5.18 Å². The topological polar surface area (TPSA) is 96.2 Å². The third-order valence-corrected chi connectivity index (χ3v) is 5.25. The van der Waals surface area contributed by atoms with E-state index in [1.807, 2.05) is 39.8 Å². The van der Waals surface area contributed by atoms with Gasteiger partial charge in [0, 0.05) is 0 Å².